The van der Waals surface area contributed by atoms with Gasteiger partial charge in [-0.3, -0.25) is 9.89 Å². The number of aromatic nitrogens is 2. The van der Waals surface area contributed by atoms with Crippen LogP contribution in [0, 0.1) is 6.92 Å². The maximum absolute atomic E-state index is 12.2. The van der Waals surface area contributed by atoms with Crippen molar-refractivity contribution in [3.05, 3.63) is 58.1 Å². The standard InChI is InChI=1S/C15H12BrN3O/c1-9-6-7-10(8-12(9)16)15(20)17-14-11-4-2-3-5-13(11)18-19-14/h2-8H,1H3,(H2,17,18,19,20). The van der Waals surface area contributed by atoms with E-state index in [4.69, 9.17) is 0 Å². The van der Waals surface area contributed by atoms with Gasteiger partial charge in [0.2, 0.25) is 0 Å². The van der Waals surface area contributed by atoms with Gasteiger partial charge in [0.1, 0.15) is 0 Å². The number of carbonyl (C=O) groups is 1. The van der Waals surface area contributed by atoms with Gasteiger partial charge in [0.15, 0.2) is 5.82 Å². The third-order valence-electron chi connectivity index (χ3n) is 3.14. The van der Waals surface area contributed by atoms with Crippen molar-refractivity contribution < 1.29 is 4.79 Å². The van der Waals surface area contributed by atoms with Gasteiger partial charge < -0.3 is 5.32 Å². The molecule has 0 radical (unpaired) electrons. The average molecular weight is 330 g/mol. The van der Waals surface area contributed by atoms with Crippen molar-refractivity contribution in [3.8, 4) is 0 Å². The Labute approximate surface area is 124 Å². The largest absolute Gasteiger partial charge is 0.305 e. The molecule has 0 aliphatic rings. The van der Waals surface area contributed by atoms with Crippen LogP contribution in [0.25, 0.3) is 10.9 Å². The molecule has 4 nitrogen and oxygen atoms in total. The van der Waals surface area contributed by atoms with Gasteiger partial charge in [0.05, 0.1) is 5.52 Å². The molecule has 20 heavy (non-hydrogen) atoms. The summed E-state index contributed by atoms with van der Waals surface area (Å²) < 4.78 is 0.914. The van der Waals surface area contributed by atoms with Crippen LogP contribution in [0.2, 0.25) is 0 Å². The Balaban J connectivity index is 1.90. The van der Waals surface area contributed by atoms with Gasteiger partial charge in [-0.15, -0.1) is 0 Å². The number of hydrogen-bond donors (Lipinski definition) is 2. The lowest BCUT2D eigenvalue weighted by atomic mass is 10.1. The molecule has 2 N–H and O–H groups in total. The van der Waals surface area contributed by atoms with E-state index in [2.05, 4.69) is 31.4 Å². The Bertz CT molecular complexity index is 795. The molecular formula is C15H12BrN3O. The molecule has 0 aliphatic carbocycles. The van der Waals surface area contributed by atoms with Crippen molar-refractivity contribution >= 4 is 38.6 Å². The van der Waals surface area contributed by atoms with Crippen LogP contribution in [-0.4, -0.2) is 16.1 Å². The molecule has 0 spiro atoms. The highest BCUT2D eigenvalue weighted by Gasteiger charge is 2.11. The van der Waals surface area contributed by atoms with Crippen LogP contribution < -0.4 is 5.32 Å². The fourth-order valence-corrected chi connectivity index (χ4v) is 2.35. The van der Waals surface area contributed by atoms with E-state index < -0.39 is 0 Å². The second-order valence-electron chi connectivity index (χ2n) is 4.54. The molecule has 5 heteroatoms. The molecule has 0 unspecified atom stereocenters. The first kappa shape index (κ1) is 12.9. The van der Waals surface area contributed by atoms with E-state index >= 15 is 0 Å². The Morgan fingerprint density at radius 3 is 2.85 bits per heavy atom. The van der Waals surface area contributed by atoms with Gasteiger partial charge in [-0.25, -0.2) is 0 Å². The highest BCUT2D eigenvalue weighted by atomic mass is 79.9. The first-order chi connectivity index (χ1) is 9.65. The number of rotatable bonds is 2. The number of anilines is 1. The molecule has 0 atom stereocenters. The summed E-state index contributed by atoms with van der Waals surface area (Å²) >= 11 is 3.43. The van der Waals surface area contributed by atoms with Crippen molar-refractivity contribution in [2.45, 2.75) is 6.92 Å². The molecule has 1 amide bonds. The monoisotopic (exact) mass is 329 g/mol. The average Bonchev–Trinajstić information content (AvgIpc) is 2.85. The Kier molecular flexibility index (Phi) is 3.28. The first-order valence-electron chi connectivity index (χ1n) is 6.16. The van der Waals surface area contributed by atoms with Crippen molar-refractivity contribution in [2.75, 3.05) is 5.32 Å². The van der Waals surface area contributed by atoms with Gasteiger partial charge >= 0.3 is 0 Å². The topological polar surface area (TPSA) is 57.8 Å². The van der Waals surface area contributed by atoms with Crippen LogP contribution in [-0.2, 0) is 0 Å². The van der Waals surface area contributed by atoms with Gasteiger partial charge in [0, 0.05) is 15.4 Å². The van der Waals surface area contributed by atoms with Gasteiger partial charge in [-0.2, -0.15) is 5.10 Å². The van der Waals surface area contributed by atoms with E-state index in [-0.39, 0.29) is 5.91 Å². The summed E-state index contributed by atoms with van der Waals surface area (Å²) in [7, 11) is 0. The van der Waals surface area contributed by atoms with Crippen molar-refractivity contribution in [1.82, 2.24) is 10.2 Å². The number of nitrogens with zero attached hydrogens (tertiary/aromatic N) is 1. The number of aryl methyl sites for hydroxylation is 1. The second-order valence-corrected chi connectivity index (χ2v) is 5.39. The molecular weight excluding hydrogens is 318 g/mol. The van der Waals surface area contributed by atoms with E-state index in [1.54, 1.807) is 12.1 Å². The minimum absolute atomic E-state index is 0.178. The van der Waals surface area contributed by atoms with E-state index in [0.717, 1.165) is 20.9 Å². The number of nitrogens with one attached hydrogen (secondary N) is 2. The Morgan fingerprint density at radius 1 is 1.25 bits per heavy atom. The molecule has 0 saturated carbocycles. The molecule has 1 aromatic heterocycles. The van der Waals surface area contributed by atoms with E-state index in [1.807, 2.05) is 37.3 Å². The summed E-state index contributed by atoms with van der Waals surface area (Å²) in [5.74, 6) is 0.366. The SMILES string of the molecule is Cc1ccc(C(=O)Nc2n[nH]c3ccccc23)cc1Br. The molecule has 3 aromatic rings. The minimum Gasteiger partial charge on any atom is -0.305 e. The van der Waals surface area contributed by atoms with Crippen LogP contribution in [0.3, 0.4) is 0 Å². The summed E-state index contributed by atoms with van der Waals surface area (Å²) in [5, 5.41) is 10.7. The molecule has 100 valence electrons. The number of benzene rings is 2. The van der Waals surface area contributed by atoms with Gasteiger partial charge in [0.25, 0.3) is 5.91 Å². The Morgan fingerprint density at radius 2 is 2.05 bits per heavy atom. The molecule has 3 rings (SSSR count). The normalized spacial score (nSPS) is 10.7. The van der Waals surface area contributed by atoms with Crippen LogP contribution >= 0.6 is 15.9 Å². The second kappa shape index (κ2) is 5.09. The Hall–Kier alpha value is -2.14. The maximum atomic E-state index is 12.2. The van der Waals surface area contributed by atoms with Crippen molar-refractivity contribution in [2.24, 2.45) is 0 Å². The fraction of sp³-hybridized carbons (Fsp3) is 0.0667. The lowest BCUT2D eigenvalue weighted by molar-refractivity contribution is 0.102. The fourth-order valence-electron chi connectivity index (χ4n) is 1.97. The number of carbonyl (C=O) groups excluding carboxylic acids is 1. The maximum Gasteiger partial charge on any atom is 0.256 e. The molecule has 2 aromatic carbocycles. The number of para-hydroxylation sites is 1. The van der Waals surface area contributed by atoms with Crippen LogP contribution in [0.15, 0.2) is 46.9 Å². The number of hydrogen-bond acceptors (Lipinski definition) is 2. The number of halogens is 1. The number of aromatic amines is 1. The third-order valence-corrected chi connectivity index (χ3v) is 3.99. The van der Waals surface area contributed by atoms with E-state index in [1.165, 1.54) is 0 Å². The summed E-state index contributed by atoms with van der Waals surface area (Å²) in [6.07, 6.45) is 0. The molecule has 1 heterocycles. The third kappa shape index (κ3) is 2.32. The lowest BCUT2D eigenvalue weighted by Gasteiger charge is -2.04. The quantitative estimate of drug-likeness (QED) is 0.749. The van der Waals surface area contributed by atoms with Crippen LogP contribution in [0.1, 0.15) is 15.9 Å². The predicted molar refractivity (Wildman–Crippen MR) is 82.9 cm³/mol. The summed E-state index contributed by atoms with van der Waals surface area (Å²) in [6.45, 7) is 1.98. The minimum atomic E-state index is -0.178. The summed E-state index contributed by atoms with van der Waals surface area (Å²) in [6, 6.07) is 13.2. The summed E-state index contributed by atoms with van der Waals surface area (Å²) in [5.41, 5.74) is 2.58. The molecule has 0 fully saturated rings. The van der Waals surface area contributed by atoms with Crippen LogP contribution in [0.5, 0.6) is 0 Å². The number of H-pyrrole nitrogens is 1. The molecule has 0 saturated heterocycles. The lowest BCUT2D eigenvalue weighted by Crippen LogP contribution is -2.12. The van der Waals surface area contributed by atoms with Crippen molar-refractivity contribution in [1.29, 1.82) is 0 Å². The zero-order valence-electron chi connectivity index (χ0n) is 10.8. The van der Waals surface area contributed by atoms with Crippen LogP contribution in [0.4, 0.5) is 5.82 Å². The van der Waals surface area contributed by atoms with Gasteiger partial charge in [-0.1, -0.05) is 34.1 Å². The highest BCUT2D eigenvalue weighted by Crippen LogP contribution is 2.22. The predicted octanol–water partition coefficient (Wildman–Crippen LogP) is 3.89. The zero-order chi connectivity index (χ0) is 14.1. The molecule has 0 bridgehead atoms. The highest BCUT2D eigenvalue weighted by molar-refractivity contribution is 9.10. The first-order valence-corrected chi connectivity index (χ1v) is 6.95. The van der Waals surface area contributed by atoms with E-state index in [0.29, 0.717) is 11.4 Å². The van der Waals surface area contributed by atoms with Gasteiger partial charge in [-0.05, 0) is 36.8 Å². The molecule has 0 aliphatic heterocycles. The zero-order valence-corrected chi connectivity index (χ0v) is 12.4. The summed E-state index contributed by atoms with van der Waals surface area (Å²) in [4.78, 5) is 12.2. The smallest absolute Gasteiger partial charge is 0.256 e. The number of fused-ring (bicyclic) bond motifs is 1. The van der Waals surface area contributed by atoms with Crippen molar-refractivity contribution in [3.63, 3.8) is 0 Å². The number of amides is 1. The van der Waals surface area contributed by atoms with E-state index in [9.17, 15) is 4.79 Å².